The molecule has 0 saturated carbocycles. The van der Waals surface area contributed by atoms with Crippen LogP contribution in [-0.4, -0.2) is 16.1 Å². The molecule has 0 bridgehead atoms. The zero-order valence-electron chi connectivity index (χ0n) is 7.27. The number of carboxylic acid groups (broad SMARTS) is 1. The lowest BCUT2D eigenvalue weighted by Crippen LogP contribution is -2.09. The third-order valence-electron chi connectivity index (χ3n) is 1.70. The molecule has 0 unspecified atom stereocenters. The maximum Gasteiger partial charge on any atom is 0.356 e. The van der Waals surface area contributed by atoms with Crippen LogP contribution in [0.3, 0.4) is 0 Å². The van der Waals surface area contributed by atoms with E-state index >= 15 is 0 Å². The van der Waals surface area contributed by atoms with E-state index in [4.69, 9.17) is 22.4 Å². The molecule has 1 rings (SSSR count). The van der Waals surface area contributed by atoms with E-state index in [2.05, 4.69) is 11.6 Å². The molecule has 0 aliphatic carbocycles. The van der Waals surface area contributed by atoms with Crippen LogP contribution in [-0.2, 0) is 0 Å². The van der Waals surface area contributed by atoms with E-state index in [9.17, 15) is 4.79 Å². The van der Waals surface area contributed by atoms with Gasteiger partial charge in [-0.15, -0.1) is 6.58 Å². The Kier molecular flexibility index (Phi) is 3.22. The quantitative estimate of drug-likeness (QED) is 0.747. The van der Waals surface area contributed by atoms with E-state index < -0.39 is 5.97 Å². The number of hydrogen-bond donors (Lipinski definition) is 2. The first-order chi connectivity index (χ1) is 6.56. The number of nitrogens with zero attached hydrogens (tertiary/aromatic N) is 1. The van der Waals surface area contributed by atoms with Crippen LogP contribution in [0.1, 0.15) is 22.1 Å². The van der Waals surface area contributed by atoms with E-state index in [-0.39, 0.29) is 16.8 Å². The van der Waals surface area contributed by atoms with Gasteiger partial charge in [0, 0.05) is 12.2 Å². The van der Waals surface area contributed by atoms with Crippen molar-refractivity contribution in [3.8, 4) is 0 Å². The molecule has 0 radical (unpaired) electrons. The average Bonchev–Trinajstić information content (AvgIpc) is 2.15. The number of carbonyl (C=O) groups is 1. The summed E-state index contributed by atoms with van der Waals surface area (Å²) in [5.41, 5.74) is 6.09. The van der Waals surface area contributed by atoms with Crippen LogP contribution in [0.25, 0.3) is 0 Å². The Bertz CT molecular complexity index is 379. The smallest absolute Gasteiger partial charge is 0.356 e. The summed E-state index contributed by atoms with van der Waals surface area (Å²) in [6.07, 6.45) is 2.90. The predicted octanol–water partition coefficient (Wildman–Crippen LogP) is 1.62. The standard InChI is InChI=1S/C9H9ClN2O2/c1-2-7(11)5-3-6(10)8(9(13)14)12-4-5/h2-4,7H,1,11H2,(H,13,14)/t7-/m1/s1. The van der Waals surface area contributed by atoms with Gasteiger partial charge in [-0.05, 0) is 11.6 Å². The van der Waals surface area contributed by atoms with E-state index in [1.54, 1.807) is 0 Å². The molecule has 0 amide bonds. The van der Waals surface area contributed by atoms with Crippen molar-refractivity contribution in [3.63, 3.8) is 0 Å². The monoisotopic (exact) mass is 212 g/mol. The number of nitrogens with two attached hydrogens (primary N) is 1. The predicted molar refractivity (Wildman–Crippen MR) is 53.3 cm³/mol. The molecular formula is C9H9ClN2O2. The fourth-order valence-electron chi connectivity index (χ4n) is 0.928. The highest BCUT2D eigenvalue weighted by Crippen LogP contribution is 2.19. The Balaban J connectivity index is 3.12. The zero-order chi connectivity index (χ0) is 10.7. The van der Waals surface area contributed by atoms with E-state index in [1.807, 2.05) is 0 Å². The molecule has 1 atom stereocenters. The highest BCUT2D eigenvalue weighted by molar-refractivity contribution is 6.33. The Morgan fingerprint density at radius 1 is 1.79 bits per heavy atom. The van der Waals surface area contributed by atoms with Gasteiger partial charge >= 0.3 is 5.97 Å². The summed E-state index contributed by atoms with van der Waals surface area (Å²) in [4.78, 5) is 14.3. The van der Waals surface area contributed by atoms with Gasteiger partial charge in [0.2, 0.25) is 0 Å². The van der Waals surface area contributed by atoms with Crippen molar-refractivity contribution in [2.75, 3.05) is 0 Å². The van der Waals surface area contributed by atoms with Crippen LogP contribution in [0.15, 0.2) is 24.9 Å². The minimum atomic E-state index is -1.16. The summed E-state index contributed by atoms with van der Waals surface area (Å²) in [7, 11) is 0. The minimum absolute atomic E-state index is 0.0762. The Hall–Kier alpha value is -1.39. The number of hydrogen-bond acceptors (Lipinski definition) is 3. The van der Waals surface area contributed by atoms with Gasteiger partial charge in [-0.2, -0.15) is 0 Å². The highest BCUT2D eigenvalue weighted by Gasteiger charge is 2.12. The molecule has 1 heterocycles. The van der Waals surface area contributed by atoms with Crippen molar-refractivity contribution in [2.24, 2.45) is 5.73 Å². The van der Waals surface area contributed by atoms with Crippen LogP contribution in [0.4, 0.5) is 0 Å². The second kappa shape index (κ2) is 4.21. The molecule has 0 spiro atoms. The zero-order valence-corrected chi connectivity index (χ0v) is 8.03. The number of pyridine rings is 1. The summed E-state index contributed by atoms with van der Waals surface area (Å²) in [5, 5.41) is 8.73. The average molecular weight is 213 g/mol. The van der Waals surface area contributed by atoms with Crippen LogP contribution >= 0.6 is 11.6 Å². The number of carboxylic acids is 1. The highest BCUT2D eigenvalue weighted by atomic mass is 35.5. The first kappa shape index (κ1) is 10.7. The summed E-state index contributed by atoms with van der Waals surface area (Å²) in [6.45, 7) is 3.51. The van der Waals surface area contributed by atoms with Crippen molar-refractivity contribution < 1.29 is 9.90 Å². The summed E-state index contributed by atoms with van der Waals surface area (Å²) < 4.78 is 0. The van der Waals surface area contributed by atoms with Gasteiger partial charge in [-0.25, -0.2) is 9.78 Å². The fraction of sp³-hybridized carbons (Fsp3) is 0.111. The normalized spacial score (nSPS) is 12.1. The van der Waals surface area contributed by atoms with Gasteiger partial charge in [-0.3, -0.25) is 0 Å². The van der Waals surface area contributed by atoms with E-state index in [0.717, 1.165) is 0 Å². The van der Waals surface area contributed by atoms with Crippen molar-refractivity contribution in [2.45, 2.75) is 6.04 Å². The first-order valence-electron chi connectivity index (χ1n) is 3.83. The van der Waals surface area contributed by atoms with E-state index in [0.29, 0.717) is 5.56 Å². The van der Waals surface area contributed by atoms with Gasteiger partial charge in [0.1, 0.15) is 0 Å². The third kappa shape index (κ3) is 2.10. The van der Waals surface area contributed by atoms with Crippen LogP contribution in [0, 0.1) is 0 Å². The topological polar surface area (TPSA) is 76.2 Å². The second-order valence-electron chi connectivity index (χ2n) is 2.67. The Morgan fingerprint density at radius 2 is 2.43 bits per heavy atom. The number of aromatic nitrogens is 1. The van der Waals surface area contributed by atoms with Gasteiger partial charge in [0.15, 0.2) is 5.69 Å². The lowest BCUT2D eigenvalue weighted by molar-refractivity contribution is 0.0690. The van der Waals surface area contributed by atoms with Crippen molar-refractivity contribution in [1.82, 2.24) is 4.98 Å². The number of halogens is 1. The van der Waals surface area contributed by atoms with Crippen LogP contribution < -0.4 is 5.73 Å². The summed E-state index contributed by atoms with van der Waals surface area (Å²) >= 11 is 5.69. The lowest BCUT2D eigenvalue weighted by Gasteiger charge is -2.06. The molecule has 0 saturated heterocycles. The molecule has 0 fully saturated rings. The van der Waals surface area contributed by atoms with Crippen LogP contribution in [0.2, 0.25) is 5.02 Å². The molecule has 4 nitrogen and oxygen atoms in total. The maximum atomic E-state index is 10.6. The van der Waals surface area contributed by atoms with Gasteiger partial charge in [-0.1, -0.05) is 17.7 Å². The van der Waals surface area contributed by atoms with Crippen LogP contribution in [0.5, 0.6) is 0 Å². The summed E-state index contributed by atoms with van der Waals surface area (Å²) in [6, 6.07) is 1.09. The molecule has 0 aromatic carbocycles. The summed E-state index contributed by atoms with van der Waals surface area (Å²) in [5.74, 6) is -1.16. The second-order valence-corrected chi connectivity index (χ2v) is 3.07. The molecule has 5 heteroatoms. The molecule has 3 N–H and O–H groups in total. The molecule has 74 valence electrons. The minimum Gasteiger partial charge on any atom is -0.476 e. The lowest BCUT2D eigenvalue weighted by atomic mass is 10.1. The van der Waals surface area contributed by atoms with E-state index in [1.165, 1.54) is 18.3 Å². The largest absolute Gasteiger partial charge is 0.476 e. The molecule has 1 aromatic heterocycles. The molecular weight excluding hydrogens is 204 g/mol. The van der Waals surface area contributed by atoms with Gasteiger partial charge in [0.05, 0.1) is 5.02 Å². The van der Waals surface area contributed by atoms with Gasteiger partial charge in [0.25, 0.3) is 0 Å². The van der Waals surface area contributed by atoms with Crippen molar-refractivity contribution in [3.05, 3.63) is 41.2 Å². The Morgan fingerprint density at radius 3 is 2.86 bits per heavy atom. The fourth-order valence-corrected chi connectivity index (χ4v) is 1.18. The molecule has 14 heavy (non-hydrogen) atoms. The SMILES string of the molecule is C=C[C@@H](N)c1cnc(C(=O)O)c(Cl)c1. The number of aromatic carboxylic acids is 1. The Labute approximate surface area is 86.0 Å². The maximum absolute atomic E-state index is 10.6. The number of rotatable bonds is 3. The molecule has 0 aliphatic heterocycles. The molecule has 0 aliphatic rings. The van der Waals surface area contributed by atoms with Crippen molar-refractivity contribution >= 4 is 17.6 Å². The van der Waals surface area contributed by atoms with Crippen molar-refractivity contribution in [1.29, 1.82) is 0 Å². The first-order valence-corrected chi connectivity index (χ1v) is 4.21. The third-order valence-corrected chi connectivity index (χ3v) is 1.99. The molecule has 1 aromatic rings. The van der Waals surface area contributed by atoms with Gasteiger partial charge < -0.3 is 10.8 Å².